The molecule has 1 amide bonds. The van der Waals surface area contributed by atoms with Crippen LogP contribution < -0.4 is 9.08 Å². The number of anilines is 1. The monoisotopic (exact) mass is 557 g/mol. The van der Waals surface area contributed by atoms with E-state index >= 15 is 0 Å². The Hall–Kier alpha value is -2.42. The molecule has 0 aliphatic heterocycles. The Morgan fingerprint density at radius 3 is 2.08 bits per heavy atom. The molecule has 0 aliphatic rings. The Balaban J connectivity index is 0.00000361. The van der Waals surface area contributed by atoms with Gasteiger partial charge in [-0.1, -0.05) is 54.6 Å². The van der Waals surface area contributed by atoms with Crippen LogP contribution in [0.25, 0.3) is 6.08 Å². The van der Waals surface area contributed by atoms with Gasteiger partial charge in [0.05, 0.1) is 6.26 Å². The van der Waals surface area contributed by atoms with Crippen molar-refractivity contribution in [1.29, 1.82) is 0 Å². The molecule has 3 aromatic carbocycles. The van der Waals surface area contributed by atoms with Crippen LogP contribution in [0.4, 0.5) is 5.69 Å². The zero-order chi connectivity index (χ0) is 26.1. The molecule has 0 aromatic heterocycles. The van der Waals surface area contributed by atoms with Crippen molar-refractivity contribution < 1.29 is 32.0 Å². The summed E-state index contributed by atoms with van der Waals surface area (Å²) in [5, 5.41) is 9.21. The van der Waals surface area contributed by atoms with Crippen molar-refractivity contribution in [2.75, 3.05) is 24.8 Å². The second kappa shape index (κ2) is 15.9. The van der Waals surface area contributed by atoms with Crippen molar-refractivity contribution in [3.8, 4) is 5.75 Å². The summed E-state index contributed by atoms with van der Waals surface area (Å²) in [6, 6.07) is 22.5. The number of carboxylic acids is 1. The summed E-state index contributed by atoms with van der Waals surface area (Å²) < 4.78 is 32.4. The van der Waals surface area contributed by atoms with Gasteiger partial charge in [0, 0.05) is 31.3 Å². The van der Waals surface area contributed by atoms with Crippen molar-refractivity contribution >= 4 is 79.9 Å². The van der Waals surface area contributed by atoms with Crippen molar-refractivity contribution in [2.45, 2.75) is 12.5 Å². The van der Waals surface area contributed by atoms with Gasteiger partial charge in [-0.3, -0.25) is 4.79 Å². The van der Waals surface area contributed by atoms with E-state index in [9.17, 15) is 23.1 Å². The number of rotatable bonds is 11. The zero-order valence-electron chi connectivity index (χ0n) is 21.3. The summed E-state index contributed by atoms with van der Waals surface area (Å²) in [4.78, 5) is 26.1. The van der Waals surface area contributed by atoms with E-state index in [0.29, 0.717) is 11.3 Å². The maximum absolute atomic E-state index is 13.3. The number of methoxy groups -OCH3 is 1. The van der Waals surface area contributed by atoms with E-state index in [1.54, 1.807) is 77.7 Å². The number of hydrogen-bond donors (Lipinski definition) is 1. The van der Waals surface area contributed by atoms with Gasteiger partial charge in [0.15, 0.2) is 6.10 Å². The number of carbonyl (C=O) groups is 2. The molecule has 0 aliphatic carbocycles. The average molecular weight is 558 g/mol. The molecule has 0 radical (unpaired) electrons. The fourth-order valence-electron chi connectivity index (χ4n) is 3.44. The topological polar surface area (TPSA) is 110 Å². The van der Waals surface area contributed by atoms with Gasteiger partial charge < -0.3 is 18.9 Å². The molecule has 38 heavy (non-hydrogen) atoms. The number of amides is 1. The van der Waals surface area contributed by atoms with Crippen LogP contribution in [-0.4, -0.2) is 97.5 Å². The van der Waals surface area contributed by atoms with Crippen molar-refractivity contribution in [3.05, 3.63) is 102 Å². The van der Waals surface area contributed by atoms with Crippen LogP contribution >= 0.6 is 0 Å². The molecule has 1 N–H and O–H groups in total. The van der Waals surface area contributed by atoms with E-state index in [1.165, 1.54) is 7.11 Å². The number of hydrogen-bond acceptors (Lipinski definition) is 6. The molecule has 3 rings (SSSR count). The molecular formula is C27H27Mg2NO7S+4. The van der Waals surface area contributed by atoms with Crippen LogP contribution in [0.3, 0.4) is 0 Å². The molecule has 0 unspecified atom stereocenters. The van der Waals surface area contributed by atoms with Gasteiger partial charge in [0.1, 0.15) is 5.75 Å². The smallest absolute Gasteiger partial charge is 0.479 e. The minimum absolute atomic E-state index is 0. The van der Waals surface area contributed by atoms with Crippen molar-refractivity contribution in [3.63, 3.8) is 0 Å². The maximum atomic E-state index is 13.3. The van der Waals surface area contributed by atoms with Crippen molar-refractivity contribution in [2.24, 2.45) is 0 Å². The molecule has 11 heteroatoms. The first-order chi connectivity index (χ1) is 17.2. The van der Waals surface area contributed by atoms with Gasteiger partial charge >= 0.3 is 62.2 Å². The molecule has 188 valence electrons. The molecule has 0 bridgehead atoms. The van der Waals surface area contributed by atoms with E-state index < -0.39 is 22.2 Å². The van der Waals surface area contributed by atoms with Crippen LogP contribution in [0.2, 0.25) is 0 Å². The molecule has 3 aromatic rings. The zero-order valence-corrected chi connectivity index (χ0v) is 25.0. The first kappa shape index (κ1) is 33.6. The second-order valence-electron chi connectivity index (χ2n) is 7.97. The Bertz CT molecular complexity index is 1310. The molecular weight excluding hydrogens is 531 g/mol. The number of aliphatic carboxylic acids is 1. The molecule has 1 atom stereocenters. The van der Waals surface area contributed by atoms with E-state index in [0.717, 1.165) is 17.4 Å². The van der Waals surface area contributed by atoms with Gasteiger partial charge in [0.25, 0.3) is 5.91 Å². The molecule has 0 spiro atoms. The Morgan fingerprint density at radius 1 is 0.947 bits per heavy atom. The predicted molar refractivity (Wildman–Crippen MR) is 149 cm³/mol. The van der Waals surface area contributed by atoms with Crippen LogP contribution in [-0.2, 0) is 26.1 Å². The Labute approximate surface area is 255 Å². The van der Waals surface area contributed by atoms with Gasteiger partial charge in [-0.05, 0) is 47.5 Å². The normalized spacial score (nSPS) is 11.6. The molecule has 0 saturated carbocycles. The number of carboxylic acid groups (broad SMARTS) is 1. The summed E-state index contributed by atoms with van der Waals surface area (Å²) in [6.07, 6.45) is 3.88. The van der Waals surface area contributed by atoms with E-state index in [4.69, 9.17) is 8.92 Å². The average Bonchev–Trinajstić information content (AvgIpc) is 2.86. The quantitative estimate of drug-likeness (QED) is 0.284. The third-order valence-corrected chi connectivity index (χ3v) is 5.72. The predicted octanol–water partition coefficient (Wildman–Crippen LogP) is 3.27. The number of benzene rings is 3. The third kappa shape index (κ3) is 10.4. The minimum Gasteiger partial charge on any atom is -0.479 e. The van der Waals surface area contributed by atoms with E-state index in [-0.39, 0.29) is 70.7 Å². The van der Waals surface area contributed by atoms with Crippen LogP contribution in [0.15, 0.2) is 84.9 Å². The van der Waals surface area contributed by atoms with Gasteiger partial charge in [-0.2, -0.15) is 8.42 Å². The SMILES string of the molecule is CO[C@@H](Cc1ccc(N(C/C=C/c2ccc(OS(C)(=O)=O)cc2)C(=O)c2ccccc2)cc1)C(=O)O.[Mg+2].[Mg+2]. The standard InChI is InChI=1S/C27H27NO7S.2Mg/c1-34-25(27(30)31)19-21-10-14-23(15-11-21)28(26(29)22-8-4-3-5-9-22)18-6-7-20-12-16-24(17-13-20)35-36(2,32)33;;/h3-17,25H,18-19H2,1-2H3,(H,30,31);;/q;2*+2/b7-6+;;/t25-;;/m0../s1. The summed E-state index contributed by atoms with van der Waals surface area (Å²) >= 11 is 0. The Kier molecular flexibility index (Phi) is 14.0. The fourth-order valence-corrected chi connectivity index (χ4v) is 3.90. The first-order valence-electron chi connectivity index (χ1n) is 11.0. The molecule has 0 saturated heterocycles. The summed E-state index contributed by atoms with van der Waals surface area (Å²) in [7, 11) is -2.25. The number of nitrogens with zero attached hydrogens (tertiary/aromatic N) is 1. The largest absolute Gasteiger partial charge is 2.00 e. The van der Waals surface area contributed by atoms with Crippen LogP contribution in [0.5, 0.6) is 5.75 Å². The van der Waals surface area contributed by atoms with E-state index in [2.05, 4.69) is 0 Å². The third-order valence-electron chi connectivity index (χ3n) is 5.22. The second-order valence-corrected chi connectivity index (χ2v) is 9.55. The summed E-state index contributed by atoms with van der Waals surface area (Å²) in [5.41, 5.74) is 2.76. The molecule has 0 heterocycles. The molecule has 8 nitrogen and oxygen atoms in total. The number of carbonyl (C=O) groups excluding carboxylic acids is 1. The maximum Gasteiger partial charge on any atom is 2.00 e. The van der Waals surface area contributed by atoms with Gasteiger partial charge in [0.2, 0.25) is 0 Å². The van der Waals surface area contributed by atoms with Crippen molar-refractivity contribution in [1.82, 2.24) is 0 Å². The van der Waals surface area contributed by atoms with Gasteiger partial charge in [-0.25, -0.2) is 4.79 Å². The first-order valence-corrected chi connectivity index (χ1v) is 12.9. The van der Waals surface area contributed by atoms with Crippen LogP contribution in [0, 0.1) is 0 Å². The summed E-state index contributed by atoms with van der Waals surface area (Å²) in [6.45, 7) is 0.268. The van der Waals surface area contributed by atoms with Crippen LogP contribution in [0.1, 0.15) is 21.5 Å². The summed E-state index contributed by atoms with van der Waals surface area (Å²) in [5.74, 6) is -1.01. The van der Waals surface area contributed by atoms with Gasteiger partial charge in [-0.15, -0.1) is 0 Å². The number of ether oxygens (including phenoxy) is 1. The van der Waals surface area contributed by atoms with E-state index in [1.807, 2.05) is 18.2 Å². The minimum atomic E-state index is -3.60. The fraction of sp³-hybridized carbons (Fsp3) is 0.185. The Morgan fingerprint density at radius 2 is 1.55 bits per heavy atom. The molecule has 0 fully saturated rings.